The Balaban J connectivity index is 1.40. The Morgan fingerprint density at radius 2 is 1.76 bits per heavy atom. The highest BCUT2D eigenvalue weighted by Crippen LogP contribution is 2.33. The highest BCUT2D eigenvalue weighted by atomic mass is 16.2. The lowest BCUT2D eigenvalue weighted by Crippen LogP contribution is -2.44. The van der Waals surface area contributed by atoms with Crippen LogP contribution >= 0.6 is 0 Å². The molecule has 0 unspecified atom stereocenters. The second-order valence-electron chi connectivity index (χ2n) is 8.90. The molecule has 3 aromatic carbocycles. The first kappa shape index (κ1) is 21.9. The van der Waals surface area contributed by atoms with E-state index in [1.165, 1.54) is 0 Å². The molecule has 6 nitrogen and oxygen atoms in total. The lowest BCUT2D eigenvalue weighted by molar-refractivity contribution is -0.122. The van der Waals surface area contributed by atoms with E-state index in [0.717, 1.165) is 17.5 Å². The molecule has 2 atom stereocenters. The molecule has 0 saturated carbocycles. The van der Waals surface area contributed by atoms with Gasteiger partial charge in [-0.25, -0.2) is 0 Å². The van der Waals surface area contributed by atoms with Gasteiger partial charge in [-0.2, -0.15) is 0 Å². The van der Waals surface area contributed by atoms with Crippen LogP contribution in [-0.2, 0) is 11.3 Å². The second kappa shape index (κ2) is 9.14. The van der Waals surface area contributed by atoms with Crippen LogP contribution in [0.4, 0.5) is 5.69 Å². The molecule has 0 aliphatic carbocycles. The highest BCUT2D eigenvalue weighted by molar-refractivity contribution is 6.11. The predicted octanol–water partition coefficient (Wildman–Crippen LogP) is 4.33. The van der Waals surface area contributed by atoms with Crippen LogP contribution in [0, 0.1) is 0 Å². The zero-order valence-corrected chi connectivity index (χ0v) is 19.1. The molecule has 172 valence electrons. The number of hydrogen-bond acceptors (Lipinski definition) is 3. The fourth-order valence-corrected chi connectivity index (χ4v) is 4.87. The van der Waals surface area contributed by atoms with Crippen molar-refractivity contribution >= 4 is 23.4 Å². The molecule has 1 fully saturated rings. The Hall–Kier alpha value is -3.93. The van der Waals surface area contributed by atoms with Crippen molar-refractivity contribution in [2.24, 2.45) is 0 Å². The molecule has 0 radical (unpaired) electrons. The maximum absolute atomic E-state index is 13.5. The molecule has 3 amide bonds. The maximum atomic E-state index is 13.5. The summed E-state index contributed by atoms with van der Waals surface area (Å²) in [5.41, 5.74) is 3.58. The molecule has 1 saturated heterocycles. The Labute approximate surface area is 199 Å². The van der Waals surface area contributed by atoms with Crippen molar-refractivity contribution in [1.29, 1.82) is 0 Å². The van der Waals surface area contributed by atoms with E-state index in [-0.39, 0.29) is 23.8 Å². The number of anilines is 1. The number of amides is 3. The SMILES string of the molecule is C[C@H](NC(=O)c1cccc(CN2C(=O)[C@@H]3CCCN3C(=O)c3ccccc32)c1)c1ccccc1. The largest absolute Gasteiger partial charge is 0.346 e. The fraction of sp³-hybridized carbons (Fsp3) is 0.250. The van der Waals surface area contributed by atoms with Crippen LogP contribution < -0.4 is 10.2 Å². The third-order valence-electron chi connectivity index (χ3n) is 6.67. The molecule has 2 heterocycles. The number of hydrogen-bond donors (Lipinski definition) is 1. The summed E-state index contributed by atoms with van der Waals surface area (Å²) in [5, 5.41) is 3.04. The Morgan fingerprint density at radius 3 is 2.59 bits per heavy atom. The fourth-order valence-electron chi connectivity index (χ4n) is 4.87. The first-order valence-corrected chi connectivity index (χ1v) is 11.7. The summed E-state index contributed by atoms with van der Waals surface area (Å²) in [6.45, 7) is 2.85. The van der Waals surface area contributed by atoms with Crippen molar-refractivity contribution in [3.05, 3.63) is 101 Å². The van der Waals surface area contributed by atoms with Gasteiger partial charge in [0.2, 0.25) is 5.91 Å². The van der Waals surface area contributed by atoms with Gasteiger partial charge in [0.1, 0.15) is 6.04 Å². The number of benzene rings is 3. The molecule has 6 heteroatoms. The Morgan fingerprint density at radius 1 is 1.00 bits per heavy atom. The number of nitrogens with zero attached hydrogens (tertiary/aromatic N) is 2. The standard InChI is InChI=1S/C28H27N3O3/c1-19(21-10-3-2-4-11-21)29-26(32)22-12-7-9-20(17-22)18-31-24-14-6-5-13-23(24)27(33)30-16-8-15-25(30)28(31)34/h2-7,9-14,17,19,25H,8,15-16,18H2,1H3,(H,29,32)/t19-,25-/m0/s1. The monoisotopic (exact) mass is 453 g/mol. The summed E-state index contributed by atoms with van der Waals surface area (Å²) >= 11 is 0. The minimum absolute atomic E-state index is 0.0663. The maximum Gasteiger partial charge on any atom is 0.256 e. The summed E-state index contributed by atoms with van der Waals surface area (Å²) < 4.78 is 0. The van der Waals surface area contributed by atoms with Crippen molar-refractivity contribution in [1.82, 2.24) is 10.2 Å². The number of fused-ring (bicyclic) bond motifs is 2. The van der Waals surface area contributed by atoms with Gasteiger partial charge >= 0.3 is 0 Å². The number of para-hydroxylation sites is 1. The van der Waals surface area contributed by atoms with Gasteiger partial charge in [-0.1, -0.05) is 54.6 Å². The Kier molecular flexibility index (Phi) is 5.88. The van der Waals surface area contributed by atoms with Gasteiger partial charge in [0.15, 0.2) is 0 Å². The molecule has 0 aromatic heterocycles. The zero-order chi connectivity index (χ0) is 23.7. The van der Waals surface area contributed by atoms with Gasteiger partial charge in [0.25, 0.3) is 11.8 Å². The van der Waals surface area contributed by atoms with Crippen molar-refractivity contribution in [2.75, 3.05) is 11.4 Å². The van der Waals surface area contributed by atoms with Gasteiger partial charge in [0.05, 0.1) is 23.8 Å². The van der Waals surface area contributed by atoms with E-state index in [0.29, 0.717) is 36.3 Å². The van der Waals surface area contributed by atoms with E-state index < -0.39 is 6.04 Å². The van der Waals surface area contributed by atoms with Gasteiger partial charge in [-0.3, -0.25) is 14.4 Å². The molecule has 0 bridgehead atoms. The van der Waals surface area contributed by atoms with Crippen molar-refractivity contribution in [3.8, 4) is 0 Å². The van der Waals surface area contributed by atoms with Crippen LogP contribution in [0.15, 0.2) is 78.9 Å². The molecule has 2 aliphatic rings. The van der Waals surface area contributed by atoms with Crippen LogP contribution in [0.1, 0.15) is 57.7 Å². The van der Waals surface area contributed by atoms with Crippen LogP contribution in [0.2, 0.25) is 0 Å². The van der Waals surface area contributed by atoms with Crippen LogP contribution in [0.5, 0.6) is 0 Å². The molecule has 1 N–H and O–H groups in total. The molecule has 2 aliphatic heterocycles. The van der Waals surface area contributed by atoms with E-state index >= 15 is 0 Å². The van der Waals surface area contributed by atoms with Gasteiger partial charge in [0, 0.05) is 12.1 Å². The summed E-state index contributed by atoms with van der Waals surface area (Å²) in [6.07, 6.45) is 1.50. The minimum Gasteiger partial charge on any atom is -0.346 e. The summed E-state index contributed by atoms with van der Waals surface area (Å²) in [7, 11) is 0. The van der Waals surface area contributed by atoms with E-state index in [2.05, 4.69) is 5.32 Å². The molecular weight excluding hydrogens is 426 g/mol. The summed E-state index contributed by atoms with van der Waals surface area (Å²) in [4.78, 5) is 43.0. The highest BCUT2D eigenvalue weighted by Gasteiger charge is 2.41. The third-order valence-corrected chi connectivity index (χ3v) is 6.67. The molecular formula is C28H27N3O3. The summed E-state index contributed by atoms with van der Waals surface area (Å²) in [5.74, 6) is -0.321. The average molecular weight is 454 g/mol. The zero-order valence-electron chi connectivity index (χ0n) is 19.1. The normalized spacial score (nSPS) is 18.2. The summed E-state index contributed by atoms with van der Waals surface area (Å²) in [6, 6.07) is 23.9. The van der Waals surface area contributed by atoms with E-state index in [9.17, 15) is 14.4 Å². The minimum atomic E-state index is -0.432. The van der Waals surface area contributed by atoms with E-state index in [1.54, 1.807) is 21.9 Å². The lowest BCUT2D eigenvalue weighted by Gasteiger charge is -2.26. The molecule has 3 aromatic rings. The third kappa shape index (κ3) is 4.07. The van der Waals surface area contributed by atoms with E-state index in [4.69, 9.17) is 0 Å². The number of carbonyl (C=O) groups is 3. The smallest absolute Gasteiger partial charge is 0.256 e. The second-order valence-corrected chi connectivity index (χ2v) is 8.90. The quantitative estimate of drug-likeness (QED) is 0.625. The van der Waals surface area contributed by atoms with Crippen molar-refractivity contribution in [3.63, 3.8) is 0 Å². The Bertz CT molecular complexity index is 1240. The van der Waals surface area contributed by atoms with Gasteiger partial charge in [-0.05, 0) is 55.2 Å². The first-order chi connectivity index (χ1) is 16.5. The van der Waals surface area contributed by atoms with Gasteiger partial charge < -0.3 is 15.1 Å². The van der Waals surface area contributed by atoms with Gasteiger partial charge in [-0.15, -0.1) is 0 Å². The van der Waals surface area contributed by atoms with Crippen LogP contribution in [-0.4, -0.2) is 35.2 Å². The predicted molar refractivity (Wildman–Crippen MR) is 130 cm³/mol. The molecule has 5 rings (SSSR count). The van der Waals surface area contributed by atoms with E-state index in [1.807, 2.05) is 73.7 Å². The van der Waals surface area contributed by atoms with Crippen LogP contribution in [0.25, 0.3) is 0 Å². The number of rotatable bonds is 5. The number of nitrogens with one attached hydrogen (secondary N) is 1. The molecule has 34 heavy (non-hydrogen) atoms. The van der Waals surface area contributed by atoms with Crippen LogP contribution in [0.3, 0.4) is 0 Å². The lowest BCUT2D eigenvalue weighted by atomic mass is 10.1. The van der Waals surface area contributed by atoms with Crippen molar-refractivity contribution < 1.29 is 14.4 Å². The first-order valence-electron chi connectivity index (χ1n) is 11.7. The number of carbonyl (C=O) groups excluding carboxylic acids is 3. The molecule has 0 spiro atoms. The van der Waals surface area contributed by atoms with Crippen molar-refractivity contribution in [2.45, 2.75) is 38.4 Å². The average Bonchev–Trinajstić information content (AvgIpc) is 3.35. The topological polar surface area (TPSA) is 69.7 Å².